The number of nitrogens with zero attached hydrogens (tertiary/aromatic N) is 2. The van der Waals surface area contributed by atoms with E-state index in [1.807, 2.05) is 12.1 Å². The SMILES string of the molecule is CCCN1CCC(NC(=NCCSCc2ccccc2F)NCC)CC1. The van der Waals surface area contributed by atoms with Gasteiger partial charge >= 0.3 is 0 Å². The Hall–Kier alpha value is -1.27. The molecular weight excluding hydrogens is 347 g/mol. The first-order chi connectivity index (χ1) is 12.7. The van der Waals surface area contributed by atoms with Gasteiger partial charge in [0.25, 0.3) is 0 Å². The summed E-state index contributed by atoms with van der Waals surface area (Å²) in [7, 11) is 0. The van der Waals surface area contributed by atoms with E-state index in [1.54, 1.807) is 17.8 Å². The van der Waals surface area contributed by atoms with Crippen molar-refractivity contribution in [1.29, 1.82) is 0 Å². The molecule has 1 aromatic carbocycles. The molecule has 2 N–H and O–H groups in total. The van der Waals surface area contributed by atoms with Crippen molar-refractivity contribution in [1.82, 2.24) is 15.5 Å². The maximum absolute atomic E-state index is 13.6. The normalized spacial score (nSPS) is 16.7. The zero-order valence-corrected chi connectivity index (χ0v) is 17.0. The monoisotopic (exact) mass is 380 g/mol. The average Bonchev–Trinajstić information content (AvgIpc) is 2.65. The third kappa shape index (κ3) is 7.54. The minimum atomic E-state index is -0.118. The van der Waals surface area contributed by atoms with Crippen molar-refractivity contribution in [2.75, 3.05) is 38.5 Å². The van der Waals surface area contributed by atoms with Gasteiger partial charge in [-0.3, -0.25) is 4.99 Å². The molecule has 0 amide bonds. The lowest BCUT2D eigenvalue weighted by Gasteiger charge is -2.32. The maximum atomic E-state index is 13.6. The van der Waals surface area contributed by atoms with Gasteiger partial charge in [-0.2, -0.15) is 11.8 Å². The van der Waals surface area contributed by atoms with Crippen LogP contribution in [0.4, 0.5) is 4.39 Å². The molecule has 0 spiro atoms. The molecule has 0 bridgehead atoms. The Morgan fingerprint density at radius 3 is 2.73 bits per heavy atom. The lowest BCUT2D eigenvalue weighted by Crippen LogP contribution is -2.48. The molecule has 146 valence electrons. The van der Waals surface area contributed by atoms with E-state index < -0.39 is 0 Å². The molecule has 1 saturated heterocycles. The van der Waals surface area contributed by atoms with E-state index in [-0.39, 0.29) is 5.82 Å². The predicted octanol–water partition coefficient (Wildman–Crippen LogP) is 3.49. The fraction of sp³-hybridized carbons (Fsp3) is 0.650. The molecule has 1 fully saturated rings. The Labute approximate surface area is 162 Å². The number of nitrogens with one attached hydrogen (secondary N) is 2. The smallest absolute Gasteiger partial charge is 0.191 e. The highest BCUT2D eigenvalue weighted by molar-refractivity contribution is 7.98. The molecule has 2 rings (SSSR count). The third-order valence-corrected chi connectivity index (χ3v) is 5.52. The average molecular weight is 381 g/mol. The summed E-state index contributed by atoms with van der Waals surface area (Å²) >= 11 is 1.72. The molecule has 26 heavy (non-hydrogen) atoms. The predicted molar refractivity (Wildman–Crippen MR) is 111 cm³/mol. The standard InChI is InChI=1S/C20H33FN4S/c1-3-12-25-13-9-18(10-14-25)24-20(22-4-2)23-11-15-26-16-17-7-5-6-8-19(17)21/h5-8,18H,3-4,9-16H2,1-2H3,(H2,22,23,24). The summed E-state index contributed by atoms with van der Waals surface area (Å²) in [5.41, 5.74) is 0.769. The maximum Gasteiger partial charge on any atom is 0.191 e. The zero-order valence-electron chi connectivity index (χ0n) is 16.1. The minimum Gasteiger partial charge on any atom is -0.357 e. The molecule has 1 aliphatic heterocycles. The Morgan fingerprint density at radius 1 is 1.27 bits per heavy atom. The van der Waals surface area contributed by atoms with Gasteiger partial charge in [0.2, 0.25) is 0 Å². The molecule has 6 heteroatoms. The summed E-state index contributed by atoms with van der Waals surface area (Å²) in [5.74, 6) is 2.38. The first-order valence-corrected chi connectivity index (χ1v) is 11.0. The van der Waals surface area contributed by atoms with Gasteiger partial charge in [0, 0.05) is 37.2 Å². The lowest BCUT2D eigenvalue weighted by atomic mass is 10.1. The first kappa shape index (κ1) is 21.0. The van der Waals surface area contributed by atoms with Crippen LogP contribution in [0.2, 0.25) is 0 Å². The number of halogens is 1. The fourth-order valence-corrected chi connectivity index (χ4v) is 3.97. The van der Waals surface area contributed by atoms with Crippen LogP contribution in [0.5, 0.6) is 0 Å². The summed E-state index contributed by atoms with van der Waals surface area (Å²) < 4.78 is 13.6. The van der Waals surface area contributed by atoms with E-state index >= 15 is 0 Å². The van der Waals surface area contributed by atoms with E-state index in [9.17, 15) is 4.39 Å². The van der Waals surface area contributed by atoms with Crippen LogP contribution in [0.25, 0.3) is 0 Å². The second kappa shape index (κ2) is 12.2. The topological polar surface area (TPSA) is 39.7 Å². The highest BCUT2D eigenvalue weighted by atomic mass is 32.2. The van der Waals surface area contributed by atoms with Crippen LogP contribution < -0.4 is 10.6 Å². The molecule has 1 aromatic rings. The number of hydrogen-bond donors (Lipinski definition) is 2. The van der Waals surface area contributed by atoms with Crippen molar-refractivity contribution < 1.29 is 4.39 Å². The van der Waals surface area contributed by atoms with Crippen molar-refractivity contribution in [3.05, 3.63) is 35.6 Å². The van der Waals surface area contributed by atoms with Crippen molar-refractivity contribution in [3.63, 3.8) is 0 Å². The number of rotatable bonds is 9. The zero-order chi connectivity index (χ0) is 18.6. The number of likely N-dealkylation sites (tertiary alicyclic amines) is 1. The summed E-state index contributed by atoms with van der Waals surface area (Å²) in [5, 5.41) is 6.92. The third-order valence-electron chi connectivity index (χ3n) is 4.53. The number of piperidine rings is 1. The Bertz CT molecular complexity index is 544. The first-order valence-electron chi connectivity index (χ1n) is 9.81. The van der Waals surface area contributed by atoms with Crippen molar-refractivity contribution >= 4 is 17.7 Å². The molecular formula is C20H33FN4S. The Balaban J connectivity index is 1.70. The largest absolute Gasteiger partial charge is 0.357 e. The Morgan fingerprint density at radius 2 is 2.04 bits per heavy atom. The molecule has 1 heterocycles. The van der Waals surface area contributed by atoms with Crippen molar-refractivity contribution in [2.45, 2.75) is 44.9 Å². The quantitative estimate of drug-likeness (QED) is 0.391. The van der Waals surface area contributed by atoms with Crippen LogP contribution in [-0.4, -0.2) is 55.4 Å². The second-order valence-electron chi connectivity index (χ2n) is 6.66. The van der Waals surface area contributed by atoms with Gasteiger partial charge in [0.15, 0.2) is 5.96 Å². The molecule has 0 radical (unpaired) electrons. The molecule has 0 unspecified atom stereocenters. The van der Waals surface area contributed by atoms with E-state index in [0.29, 0.717) is 11.8 Å². The number of guanidine groups is 1. The van der Waals surface area contributed by atoms with Crippen LogP contribution >= 0.6 is 11.8 Å². The summed E-state index contributed by atoms with van der Waals surface area (Å²) in [4.78, 5) is 7.23. The highest BCUT2D eigenvalue weighted by Crippen LogP contribution is 2.15. The molecule has 0 aliphatic carbocycles. The van der Waals surface area contributed by atoms with Gasteiger partial charge in [-0.15, -0.1) is 0 Å². The van der Waals surface area contributed by atoms with Crippen LogP contribution in [0.3, 0.4) is 0 Å². The summed E-state index contributed by atoms with van der Waals surface area (Å²) in [6, 6.07) is 7.49. The van der Waals surface area contributed by atoms with Gasteiger partial charge in [0.1, 0.15) is 5.82 Å². The van der Waals surface area contributed by atoms with Gasteiger partial charge in [-0.25, -0.2) is 4.39 Å². The summed E-state index contributed by atoms with van der Waals surface area (Å²) in [6.07, 6.45) is 3.58. The van der Waals surface area contributed by atoms with E-state index in [2.05, 4.69) is 34.4 Å². The number of benzene rings is 1. The molecule has 0 saturated carbocycles. The van der Waals surface area contributed by atoms with Crippen molar-refractivity contribution in [2.24, 2.45) is 4.99 Å². The van der Waals surface area contributed by atoms with E-state index in [1.165, 1.54) is 45.0 Å². The van der Waals surface area contributed by atoms with Crippen molar-refractivity contribution in [3.8, 4) is 0 Å². The summed E-state index contributed by atoms with van der Waals surface area (Å²) in [6.45, 7) is 9.48. The molecule has 4 nitrogen and oxygen atoms in total. The van der Waals surface area contributed by atoms with Crippen LogP contribution in [0.1, 0.15) is 38.7 Å². The van der Waals surface area contributed by atoms with Crippen LogP contribution in [-0.2, 0) is 5.75 Å². The minimum absolute atomic E-state index is 0.118. The van der Waals surface area contributed by atoms with Gasteiger partial charge in [0.05, 0.1) is 6.54 Å². The molecule has 0 aromatic heterocycles. The second-order valence-corrected chi connectivity index (χ2v) is 7.77. The lowest BCUT2D eigenvalue weighted by molar-refractivity contribution is 0.206. The van der Waals surface area contributed by atoms with Gasteiger partial charge in [-0.05, 0) is 44.4 Å². The van der Waals surface area contributed by atoms with Crippen LogP contribution in [0.15, 0.2) is 29.3 Å². The molecule has 1 aliphatic rings. The van der Waals surface area contributed by atoms with Gasteiger partial charge in [-0.1, -0.05) is 25.1 Å². The van der Waals surface area contributed by atoms with Crippen LogP contribution in [0, 0.1) is 5.82 Å². The van der Waals surface area contributed by atoms with E-state index in [0.717, 1.165) is 30.4 Å². The number of aliphatic imine (C=N–C) groups is 1. The van der Waals surface area contributed by atoms with Gasteiger partial charge < -0.3 is 15.5 Å². The highest BCUT2D eigenvalue weighted by Gasteiger charge is 2.19. The fourth-order valence-electron chi connectivity index (χ4n) is 3.15. The number of hydrogen-bond acceptors (Lipinski definition) is 3. The number of thioether (sulfide) groups is 1. The molecule has 0 atom stereocenters. The van der Waals surface area contributed by atoms with E-state index in [4.69, 9.17) is 0 Å². The Kier molecular flexibility index (Phi) is 9.85.